The Morgan fingerprint density at radius 2 is 2.19 bits per heavy atom. The molecule has 0 radical (unpaired) electrons. The van der Waals surface area contributed by atoms with E-state index in [2.05, 4.69) is 6.92 Å². The summed E-state index contributed by atoms with van der Waals surface area (Å²) in [4.78, 5) is 0. The maximum atomic E-state index is 11.0. The quantitative estimate of drug-likeness (QED) is 0.761. The van der Waals surface area contributed by atoms with Crippen LogP contribution in [0, 0.1) is 5.92 Å². The minimum absolute atomic E-state index is 0.0780. The molecule has 1 saturated heterocycles. The summed E-state index contributed by atoms with van der Waals surface area (Å²) in [5.41, 5.74) is 6.10. The van der Waals surface area contributed by atoms with Crippen molar-refractivity contribution in [1.82, 2.24) is 0 Å². The summed E-state index contributed by atoms with van der Waals surface area (Å²) in [7, 11) is -2.85. The van der Waals surface area contributed by atoms with E-state index < -0.39 is 9.84 Å². The highest BCUT2D eigenvalue weighted by molar-refractivity contribution is 7.90. The van der Waals surface area contributed by atoms with Crippen LogP contribution in [0.4, 0.5) is 0 Å². The van der Waals surface area contributed by atoms with Crippen molar-refractivity contribution in [2.24, 2.45) is 11.7 Å². The van der Waals surface area contributed by atoms with Crippen molar-refractivity contribution in [3.63, 3.8) is 0 Å². The van der Waals surface area contributed by atoms with Gasteiger partial charge < -0.3 is 10.5 Å². The number of hydrogen-bond acceptors (Lipinski definition) is 4. The minimum Gasteiger partial charge on any atom is -0.378 e. The number of ether oxygens (including phenoxy) is 1. The molecular formula is C11H23NO3S. The van der Waals surface area contributed by atoms with E-state index in [0.29, 0.717) is 12.3 Å². The second-order valence-electron chi connectivity index (χ2n) is 4.71. The van der Waals surface area contributed by atoms with Crippen molar-refractivity contribution < 1.29 is 13.2 Å². The van der Waals surface area contributed by atoms with Crippen molar-refractivity contribution >= 4 is 9.84 Å². The third-order valence-electron chi connectivity index (χ3n) is 3.27. The van der Waals surface area contributed by atoms with Gasteiger partial charge in [-0.1, -0.05) is 6.92 Å². The summed E-state index contributed by atoms with van der Waals surface area (Å²) in [5.74, 6) is 0.648. The van der Waals surface area contributed by atoms with Crippen molar-refractivity contribution in [2.75, 3.05) is 18.6 Å². The summed E-state index contributed by atoms with van der Waals surface area (Å²) >= 11 is 0. The van der Waals surface area contributed by atoms with Crippen LogP contribution in [-0.2, 0) is 14.6 Å². The molecular weight excluding hydrogens is 226 g/mol. The van der Waals surface area contributed by atoms with Crippen LogP contribution in [0.2, 0.25) is 0 Å². The molecule has 0 aromatic rings. The van der Waals surface area contributed by atoms with Gasteiger partial charge in [-0.2, -0.15) is 0 Å². The van der Waals surface area contributed by atoms with Gasteiger partial charge in [0.05, 0.1) is 6.10 Å². The molecule has 1 rings (SSSR count). The third-order valence-corrected chi connectivity index (χ3v) is 4.30. The summed E-state index contributed by atoms with van der Waals surface area (Å²) in [6.07, 6.45) is 4.98. The molecule has 0 aromatic heterocycles. The number of hydrogen-bond donors (Lipinski definition) is 1. The van der Waals surface area contributed by atoms with Gasteiger partial charge in [0.25, 0.3) is 0 Å². The van der Waals surface area contributed by atoms with E-state index in [1.165, 1.54) is 6.26 Å². The maximum absolute atomic E-state index is 11.0. The van der Waals surface area contributed by atoms with Crippen LogP contribution in [0.5, 0.6) is 0 Å². The monoisotopic (exact) mass is 249 g/mol. The Bertz CT molecular complexity index is 302. The molecule has 1 fully saturated rings. The first-order chi connectivity index (χ1) is 7.44. The standard InChI is InChI=1S/C11H23NO3S/c1-3-11-9(6-7-15-11)10(12)5-4-8-16(2,13)14/h9-11H,3-8,12H2,1-2H3. The second-order valence-corrected chi connectivity index (χ2v) is 6.97. The number of rotatable bonds is 6. The summed E-state index contributed by atoms with van der Waals surface area (Å²) in [5, 5.41) is 0. The van der Waals surface area contributed by atoms with Gasteiger partial charge in [-0.05, 0) is 25.7 Å². The van der Waals surface area contributed by atoms with Gasteiger partial charge in [-0.15, -0.1) is 0 Å². The highest BCUT2D eigenvalue weighted by Gasteiger charge is 2.31. The van der Waals surface area contributed by atoms with Crippen molar-refractivity contribution in [3.8, 4) is 0 Å². The third kappa shape index (κ3) is 4.39. The molecule has 0 aliphatic carbocycles. The maximum Gasteiger partial charge on any atom is 0.147 e. The zero-order chi connectivity index (χ0) is 12.2. The lowest BCUT2D eigenvalue weighted by molar-refractivity contribution is 0.0805. The lowest BCUT2D eigenvalue weighted by atomic mass is 9.89. The van der Waals surface area contributed by atoms with Gasteiger partial charge in [0.2, 0.25) is 0 Å². The highest BCUT2D eigenvalue weighted by atomic mass is 32.2. The molecule has 16 heavy (non-hydrogen) atoms. The fourth-order valence-electron chi connectivity index (χ4n) is 2.37. The molecule has 3 atom stereocenters. The molecule has 1 aliphatic rings. The van der Waals surface area contributed by atoms with Gasteiger partial charge in [0.1, 0.15) is 9.84 Å². The minimum atomic E-state index is -2.85. The lowest BCUT2D eigenvalue weighted by Gasteiger charge is -2.23. The Balaban J connectivity index is 2.32. The molecule has 1 heterocycles. The van der Waals surface area contributed by atoms with Gasteiger partial charge in [0.15, 0.2) is 0 Å². The van der Waals surface area contributed by atoms with Crippen LogP contribution in [0.25, 0.3) is 0 Å². The van der Waals surface area contributed by atoms with E-state index in [1.807, 2.05) is 0 Å². The molecule has 5 heteroatoms. The Morgan fingerprint density at radius 3 is 2.75 bits per heavy atom. The summed E-state index contributed by atoms with van der Waals surface area (Å²) in [6.45, 7) is 2.90. The molecule has 2 N–H and O–H groups in total. The van der Waals surface area contributed by atoms with Crippen molar-refractivity contribution in [1.29, 1.82) is 0 Å². The van der Waals surface area contributed by atoms with Gasteiger partial charge >= 0.3 is 0 Å². The topological polar surface area (TPSA) is 69.4 Å². The van der Waals surface area contributed by atoms with E-state index in [-0.39, 0.29) is 17.9 Å². The molecule has 0 bridgehead atoms. The predicted octanol–water partition coefficient (Wildman–Crippen LogP) is 0.954. The highest BCUT2D eigenvalue weighted by Crippen LogP contribution is 2.27. The first-order valence-corrected chi connectivity index (χ1v) is 8.05. The van der Waals surface area contributed by atoms with Crippen molar-refractivity contribution in [3.05, 3.63) is 0 Å². The summed E-state index contributed by atoms with van der Waals surface area (Å²) < 4.78 is 27.6. The van der Waals surface area contributed by atoms with Crippen LogP contribution >= 0.6 is 0 Å². The van der Waals surface area contributed by atoms with Crippen LogP contribution in [0.15, 0.2) is 0 Å². The Morgan fingerprint density at radius 1 is 1.50 bits per heavy atom. The zero-order valence-corrected chi connectivity index (χ0v) is 11.0. The Hall–Kier alpha value is -0.130. The molecule has 0 spiro atoms. The summed E-state index contributed by atoms with van der Waals surface area (Å²) in [6, 6.07) is 0.0780. The lowest BCUT2D eigenvalue weighted by Crippen LogP contribution is -2.35. The van der Waals surface area contributed by atoms with Crippen LogP contribution < -0.4 is 5.73 Å². The van der Waals surface area contributed by atoms with Crippen LogP contribution in [-0.4, -0.2) is 39.2 Å². The Kier molecular flexibility index (Phi) is 5.21. The molecule has 3 unspecified atom stereocenters. The fraction of sp³-hybridized carbons (Fsp3) is 1.00. The molecule has 1 aliphatic heterocycles. The van der Waals surface area contributed by atoms with Gasteiger partial charge in [-0.3, -0.25) is 0 Å². The smallest absolute Gasteiger partial charge is 0.147 e. The molecule has 0 saturated carbocycles. The van der Waals surface area contributed by atoms with Gasteiger partial charge in [0, 0.05) is 30.6 Å². The fourth-order valence-corrected chi connectivity index (χ4v) is 3.06. The molecule has 4 nitrogen and oxygen atoms in total. The van der Waals surface area contributed by atoms with Crippen LogP contribution in [0.3, 0.4) is 0 Å². The number of sulfone groups is 1. The first-order valence-electron chi connectivity index (χ1n) is 5.99. The van der Waals surface area contributed by atoms with Crippen molar-refractivity contribution in [2.45, 2.75) is 44.8 Å². The largest absolute Gasteiger partial charge is 0.378 e. The molecule has 0 amide bonds. The van der Waals surface area contributed by atoms with Crippen LogP contribution in [0.1, 0.15) is 32.6 Å². The molecule has 96 valence electrons. The Labute approximate surface area is 98.5 Å². The average molecular weight is 249 g/mol. The first kappa shape index (κ1) is 13.9. The van der Waals surface area contributed by atoms with E-state index >= 15 is 0 Å². The van der Waals surface area contributed by atoms with E-state index in [0.717, 1.165) is 25.9 Å². The SMILES string of the molecule is CCC1OCCC1C(N)CCCS(C)(=O)=O. The van der Waals surface area contributed by atoms with E-state index in [4.69, 9.17) is 10.5 Å². The van der Waals surface area contributed by atoms with E-state index in [9.17, 15) is 8.42 Å². The van der Waals surface area contributed by atoms with E-state index in [1.54, 1.807) is 0 Å². The van der Waals surface area contributed by atoms with Gasteiger partial charge in [-0.25, -0.2) is 8.42 Å². The average Bonchev–Trinajstić information content (AvgIpc) is 2.63. The predicted molar refractivity (Wildman–Crippen MR) is 65.1 cm³/mol. The second kappa shape index (κ2) is 5.98. The molecule has 0 aromatic carbocycles. The number of nitrogens with two attached hydrogens (primary N) is 1. The normalized spacial score (nSPS) is 28.2. The zero-order valence-electron chi connectivity index (χ0n) is 10.2.